The molecule has 0 atom stereocenters. The molecule has 1 N–H and O–H groups in total. The molecule has 21 heavy (non-hydrogen) atoms. The molecule has 3 rings (SSSR count). The molecule has 1 aliphatic heterocycles. The fraction of sp³-hybridized carbons (Fsp3) is 0.118. The molecule has 4 heteroatoms. The maximum Gasteiger partial charge on any atom is 0.256 e. The highest BCUT2D eigenvalue weighted by Crippen LogP contribution is 2.35. The van der Waals surface area contributed by atoms with Crippen molar-refractivity contribution in [2.24, 2.45) is 0 Å². The maximum atomic E-state index is 12.0. The molecule has 1 amide bonds. The minimum Gasteiger partial charge on any atom is -0.321 e. The average molecular weight is 360 g/mol. The van der Waals surface area contributed by atoms with Crippen LogP contribution in [-0.2, 0) is 10.5 Å². The molecule has 0 aromatic heterocycles. The topological polar surface area (TPSA) is 29.1 Å². The summed E-state index contributed by atoms with van der Waals surface area (Å²) in [5.74, 6) is 0.840. The van der Waals surface area contributed by atoms with Gasteiger partial charge in [0.05, 0.1) is 5.57 Å². The Morgan fingerprint density at radius 2 is 2.05 bits per heavy atom. The van der Waals surface area contributed by atoms with Crippen molar-refractivity contribution in [1.82, 2.24) is 0 Å². The minimum atomic E-state index is -0.0274. The van der Waals surface area contributed by atoms with E-state index in [2.05, 4.69) is 40.3 Å². The van der Waals surface area contributed by atoms with E-state index in [0.717, 1.165) is 27.0 Å². The van der Waals surface area contributed by atoms with Gasteiger partial charge in [-0.2, -0.15) is 0 Å². The summed E-state index contributed by atoms with van der Waals surface area (Å²) in [7, 11) is 0. The zero-order chi connectivity index (χ0) is 14.8. The van der Waals surface area contributed by atoms with E-state index in [1.807, 2.05) is 35.7 Å². The van der Waals surface area contributed by atoms with Crippen molar-refractivity contribution in [3.63, 3.8) is 0 Å². The van der Waals surface area contributed by atoms with E-state index in [-0.39, 0.29) is 5.91 Å². The van der Waals surface area contributed by atoms with Gasteiger partial charge in [-0.3, -0.25) is 4.79 Å². The molecule has 2 aromatic rings. The molecule has 0 unspecified atom stereocenters. The lowest BCUT2D eigenvalue weighted by molar-refractivity contribution is -0.110. The number of benzene rings is 2. The second kappa shape index (κ2) is 6.08. The Bertz CT molecular complexity index is 739. The van der Waals surface area contributed by atoms with Gasteiger partial charge in [0.25, 0.3) is 5.91 Å². The summed E-state index contributed by atoms with van der Waals surface area (Å²) in [6.45, 7) is 2.11. The predicted molar refractivity (Wildman–Crippen MR) is 93.2 cm³/mol. The molecule has 1 heterocycles. The van der Waals surface area contributed by atoms with Crippen molar-refractivity contribution in [2.75, 3.05) is 5.32 Å². The molecule has 1 aliphatic rings. The molecule has 0 radical (unpaired) electrons. The van der Waals surface area contributed by atoms with Crippen LogP contribution in [0.15, 0.2) is 52.3 Å². The third-order valence-electron chi connectivity index (χ3n) is 3.47. The minimum absolute atomic E-state index is 0.0274. The fourth-order valence-corrected chi connectivity index (χ4v) is 3.61. The molecule has 0 bridgehead atoms. The lowest BCUT2D eigenvalue weighted by Gasteiger charge is -2.03. The first-order valence-corrected chi connectivity index (χ1v) is 8.47. The highest BCUT2D eigenvalue weighted by molar-refractivity contribution is 9.10. The smallest absolute Gasteiger partial charge is 0.256 e. The number of aryl methyl sites for hydroxylation is 1. The normalized spacial score (nSPS) is 15.1. The van der Waals surface area contributed by atoms with Crippen molar-refractivity contribution in [3.05, 3.63) is 69.0 Å². The second-order valence-corrected chi connectivity index (χ2v) is 6.69. The number of fused-ring (bicyclic) bond motifs is 1. The Kier molecular flexibility index (Phi) is 4.17. The van der Waals surface area contributed by atoms with Crippen LogP contribution in [0.4, 0.5) is 5.69 Å². The number of carbonyl (C=O) groups excluding carboxylic acids is 1. The van der Waals surface area contributed by atoms with E-state index in [1.54, 1.807) is 11.8 Å². The van der Waals surface area contributed by atoms with Gasteiger partial charge in [0.1, 0.15) is 0 Å². The van der Waals surface area contributed by atoms with Gasteiger partial charge in [0, 0.05) is 21.5 Å². The molecule has 106 valence electrons. The van der Waals surface area contributed by atoms with Crippen LogP contribution in [0.5, 0.6) is 0 Å². The summed E-state index contributed by atoms with van der Waals surface area (Å²) in [6, 6.07) is 14.2. The Hall–Kier alpha value is -1.52. The van der Waals surface area contributed by atoms with Crippen molar-refractivity contribution in [2.45, 2.75) is 12.7 Å². The van der Waals surface area contributed by atoms with Gasteiger partial charge in [0.15, 0.2) is 0 Å². The number of amides is 1. The van der Waals surface area contributed by atoms with Gasteiger partial charge >= 0.3 is 0 Å². The van der Waals surface area contributed by atoms with Crippen LogP contribution in [0.3, 0.4) is 0 Å². The lowest BCUT2D eigenvalue weighted by Crippen LogP contribution is -2.03. The number of rotatable bonds is 3. The van der Waals surface area contributed by atoms with E-state index in [4.69, 9.17) is 0 Å². The number of thioether (sulfide) groups is 1. The van der Waals surface area contributed by atoms with Crippen LogP contribution in [0.25, 0.3) is 5.57 Å². The van der Waals surface area contributed by atoms with Crippen molar-refractivity contribution >= 4 is 44.9 Å². The summed E-state index contributed by atoms with van der Waals surface area (Å²) < 4.78 is 0.979. The summed E-state index contributed by atoms with van der Waals surface area (Å²) in [4.78, 5) is 12.0. The maximum absolute atomic E-state index is 12.0. The zero-order valence-corrected chi connectivity index (χ0v) is 13.9. The van der Waals surface area contributed by atoms with Gasteiger partial charge in [-0.25, -0.2) is 0 Å². The number of carbonyl (C=O) groups is 1. The molecule has 0 aliphatic carbocycles. The van der Waals surface area contributed by atoms with Gasteiger partial charge < -0.3 is 5.32 Å². The van der Waals surface area contributed by atoms with Crippen LogP contribution in [0.1, 0.15) is 16.7 Å². The van der Waals surface area contributed by atoms with Crippen LogP contribution in [-0.4, -0.2) is 5.91 Å². The fourth-order valence-electron chi connectivity index (χ4n) is 2.26. The van der Waals surface area contributed by atoms with E-state index < -0.39 is 0 Å². The third kappa shape index (κ3) is 3.06. The molecular formula is C17H14BrNOS. The first kappa shape index (κ1) is 14.4. The number of halogens is 1. The van der Waals surface area contributed by atoms with Crippen molar-refractivity contribution in [1.29, 1.82) is 0 Å². The van der Waals surface area contributed by atoms with E-state index in [9.17, 15) is 4.79 Å². The van der Waals surface area contributed by atoms with Crippen LogP contribution in [0, 0.1) is 6.92 Å². The highest BCUT2D eigenvalue weighted by atomic mass is 79.9. The van der Waals surface area contributed by atoms with Crippen molar-refractivity contribution < 1.29 is 4.79 Å². The van der Waals surface area contributed by atoms with Gasteiger partial charge in [-0.1, -0.05) is 40.2 Å². The Labute approximate surface area is 136 Å². The van der Waals surface area contributed by atoms with Crippen LogP contribution in [0.2, 0.25) is 0 Å². The average Bonchev–Trinajstić information content (AvgIpc) is 2.77. The first-order valence-electron chi connectivity index (χ1n) is 6.63. The van der Waals surface area contributed by atoms with Gasteiger partial charge in [0.2, 0.25) is 0 Å². The second-order valence-electron chi connectivity index (χ2n) is 4.91. The SMILES string of the molecule is Cc1ccccc1CSC=C1C(=O)Nc2ccc(Br)cc21. The largest absolute Gasteiger partial charge is 0.321 e. The van der Waals surface area contributed by atoms with Gasteiger partial charge in [-0.15, -0.1) is 11.8 Å². The van der Waals surface area contributed by atoms with E-state index in [0.29, 0.717) is 0 Å². The number of anilines is 1. The molecule has 0 fully saturated rings. The van der Waals surface area contributed by atoms with E-state index >= 15 is 0 Å². The first-order chi connectivity index (χ1) is 10.1. The quantitative estimate of drug-likeness (QED) is 0.782. The molecular weight excluding hydrogens is 346 g/mol. The third-order valence-corrected chi connectivity index (χ3v) is 4.84. The molecule has 0 saturated carbocycles. The zero-order valence-electron chi connectivity index (χ0n) is 11.5. The summed E-state index contributed by atoms with van der Waals surface area (Å²) >= 11 is 5.11. The Morgan fingerprint density at radius 3 is 2.86 bits per heavy atom. The summed E-state index contributed by atoms with van der Waals surface area (Å²) in [5.41, 5.74) is 5.16. The molecule has 0 spiro atoms. The van der Waals surface area contributed by atoms with Gasteiger partial charge in [-0.05, 0) is 41.7 Å². The van der Waals surface area contributed by atoms with Crippen molar-refractivity contribution in [3.8, 4) is 0 Å². The Morgan fingerprint density at radius 1 is 1.24 bits per heavy atom. The van der Waals surface area contributed by atoms with E-state index in [1.165, 1.54) is 11.1 Å². The summed E-state index contributed by atoms with van der Waals surface area (Å²) in [6.07, 6.45) is 0. The highest BCUT2D eigenvalue weighted by Gasteiger charge is 2.23. The molecule has 2 nitrogen and oxygen atoms in total. The molecule has 0 saturated heterocycles. The van der Waals surface area contributed by atoms with Crippen LogP contribution < -0.4 is 5.32 Å². The van der Waals surface area contributed by atoms with Crippen LogP contribution >= 0.6 is 27.7 Å². The number of nitrogens with one attached hydrogen (secondary N) is 1. The molecule has 2 aromatic carbocycles. The summed E-state index contributed by atoms with van der Waals surface area (Å²) in [5, 5.41) is 4.85. The predicted octanol–water partition coefficient (Wildman–Crippen LogP) is 4.98. The monoisotopic (exact) mass is 359 g/mol. The standard InChI is InChI=1S/C17H14BrNOS/c1-11-4-2-3-5-12(11)9-21-10-15-14-8-13(18)6-7-16(14)19-17(15)20/h2-8,10H,9H2,1H3,(H,19,20). The number of hydrogen-bond donors (Lipinski definition) is 1. The lowest BCUT2D eigenvalue weighted by atomic mass is 10.1. The number of hydrogen-bond acceptors (Lipinski definition) is 2. The Balaban J connectivity index is 1.80.